The lowest BCUT2D eigenvalue weighted by Gasteiger charge is -2.27. The van der Waals surface area contributed by atoms with Crippen molar-refractivity contribution in [1.29, 1.82) is 0 Å². The van der Waals surface area contributed by atoms with Gasteiger partial charge < -0.3 is 10.2 Å². The van der Waals surface area contributed by atoms with E-state index in [9.17, 15) is 9.59 Å². The Hall–Kier alpha value is -1.58. The predicted molar refractivity (Wildman–Crippen MR) is 45.1 cm³/mol. The number of rotatable bonds is 2. The highest BCUT2D eigenvalue weighted by atomic mass is 16.4. The van der Waals surface area contributed by atoms with Crippen LogP contribution in [0.3, 0.4) is 0 Å². The second-order valence-corrected chi connectivity index (χ2v) is 3.15. The molecule has 2 N–H and O–H groups in total. The molecule has 13 heavy (non-hydrogen) atoms. The molecule has 0 saturated carbocycles. The number of carboxylic acids is 2. The quantitative estimate of drug-likeness (QED) is 0.665. The largest absolute Gasteiger partial charge is 0.481 e. The third kappa shape index (κ3) is 1.47. The van der Waals surface area contributed by atoms with E-state index >= 15 is 0 Å². The molecule has 0 spiro atoms. The van der Waals surface area contributed by atoms with E-state index in [-0.39, 0.29) is 0 Å². The molecule has 4 nitrogen and oxygen atoms in total. The maximum absolute atomic E-state index is 10.8. The smallest absolute Gasteiger partial charge is 0.314 e. The molecule has 0 aromatic rings. The lowest BCUT2D eigenvalue weighted by atomic mass is 9.74. The molecule has 0 fully saturated rings. The van der Waals surface area contributed by atoms with Gasteiger partial charge in [-0.2, -0.15) is 0 Å². The van der Waals surface area contributed by atoms with Crippen molar-refractivity contribution in [3.63, 3.8) is 0 Å². The topological polar surface area (TPSA) is 74.6 Å². The van der Waals surface area contributed by atoms with Crippen LogP contribution in [-0.4, -0.2) is 22.2 Å². The molecule has 0 radical (unpaired) electrons. The maximum atomic E-state index is 10.8. The van der Waals surface area contributed by atoms with Gasteiger partial charge in [-0.05, 0) is 6.92 Å². The van der Waals surface area contributed by atoms with Crippen LogP contribution in [0, 0.1) is 11.3 Å². The molecule has 0 heterocycles. The Balaban J connectivity index is 3.07. The van der Waals surface area contributed by atoms with E-state index in [1.54, 1.807) is 12.2 Å². The van der Waals surface area contributed by atoms with Gasteiger partial charge in [-0.15, -0.1) is 0 Å². The number of aliphatic carboxylic acids is 2. The van der Waals surface area contributed by atoms with Crippen molar-refractivity contribution >= 4 is 11.9 Å². The first-order chi connectivity index (χ1) is 5.98. The molecular formula is C9H10O4. The first-order valence-electron chi connectivity index (χ1n) is 3.80. The van der Waals surface area contributed by atoms with E-state index in [1.807, 2.05) is 0 Å². The molecular weight excluding hydrogens is 172 g/mol. The van der Waals surface area contributed by atoms with Crippen LogP contribution in [0.4, 0.5) is 0 Å². The van der Waals surface area contributed by atoms with Gasteiger partial charge in [0.2, 0.25) is 0 Å². The van der Waals surface area contributed by atoms with Crippen LogP contribution in [-0.2, 0) is 9.59 Å². The Morgan fingerprint density at radius 2 is 1.92 bits per heavy atom. The standard InChI is InChI=1S/C9H10O4/c1-9(8(12)13)5-3-2-4-6(9)7(10)11/h2-6H,1H3,(H,10,11)(H,12,13). The van der Waals surface area contributed by atoms with Crippen LogP contribution >= 0.6 is 0 Å². The first kappa shape index (κ1) is 9.51. The van der Waals surface area contributed by atoms with Crippen molar-refractivity contribution < 1.29 is 19.8 Å². The molecule has 0 aromatic heterocycles. The molecule has 1 aliphatic rings. The zero-order valence-corrected chi connectivity index (χ0v) is 7.10. The zero-order valence-electron chi connectivity index (χ0n) is 7.10. The summed E-state index contributed by atoms with van der Waals surface area (Å²) in [5.41, 5.74) is -1.33. The van der Waals surface area contributed by atoms with Crippen molar-refractivity contribution in [3.05, 3.63) is 24.3 Å². The van der Waals surface area contributed by atoms with Gasteiger partial charge in [0, 0.05) is 0 Å². The van der Waals surface area contributed by atoms with Crippen molar-refractivity contribution in [2.24, 2.45) is 11.3 Å². The monoisotopic (exact) mass is 182 g/mol. The number of hydrogen-bond acceptors (Lipinski definition) is 2. The van der Waals surface area contributed by atoms with Crippen molar-refractivity contribution in [2.45, 2.75) is 6.92 Å². The van der Waals surface area contributed by atoms with Gasteiger partial charge in [-0.25, -0.2) is 0 Å². The first-order valence-corrected chi connectivity index (χ1v) is 3.80. The minimum Gasteiger partial charge on any atom is -0.481 e. The van der Waals surface area contributed by atoms with Gasteiger partial charge in [0.1, 0.15) is 5.41 Å². The molecule has 0 saturated heterocycles. The summed E-state index contributed by atoms with van der Waals surface area (Å²) in [7, 11) is 0. The van der Waals surface area contributed by atoms with Crippen molar-refractivity contribution in [2.75, 3.05) is 0 Å². The third-order valence-corrected chi connectivity index (χ3v) is 2.23. The number of carboxylic acid groups (broad SMARTS) is 2. The minimum atomic E-state index is -1.33. The highest BCUT2D eigenvalue weighted by molar-refractivity contribution is 5.86. The van der Waals surface area contributed by atoms with Gasteiger partial charge in [-0.3, -0.25) is 9.59 Å². The van der Waals surface area contributed by atoms with Gasteiger partial charge in [0.05, 0.1) is 5.92 Å². The van der Waals surface area contributed by atoms with E-state index in [0.29, 0.717) is 0 Å². The summed E-state index contributed by atoms with van der Waals surface area (Å²) in [6, 6.07) is 0. The lowest BCUT2D eigenvalue weighted by molar-refractivity contribution is -0.155. The summed E-state index contributed by atoms with van der Waals surface area (Å²) < 4.78 is 0. The fourth-order valence-electron chi connectivity index (χ4n) is 1.28. The number of hydrogen-bond donors (Lipinski definition) is 2. The highest BCUT2D eigenvalue weighted by Crippen LogP contribution is 2.33. The van der Waals surface area contributed by atoms with Crippen molar-refractivity contribution in [1.82, 2.24) is 0 Å². The summed E-state index contributed by atoms with van der Waals surface area (Å²) in [5, 5.41) is 17.6. The molecule has 0 aliphatic heterocycles. The second kappa shape index (κ2) is 3.05. The Labute approximate surface area is 75.2 Å². The van der Waals surface area contributed by atoms with Crippen LogP contribution < -0.4 is 0 Å². The highest BCUT2D eigenvalue weighted by Gasteiger charge is 2.43. The minimum absolute atomic E-state index is 0.991. The summed E-state index contributed by atoms with van der Waals surface area (Å²) in [6.07, 6.45) is 5.88. The zero-order chi connectivity index (χ0) is 10.1. The summed E-state index contributed by atoms with van der Waals surface area (Å²) in [6.45, 7) is 1.40. The molecule has 0 aromatic carbocycles. The third-order valence-electron chi connectivity index (χ3n) is 2.23. The van der Waals surface area contributed by atoms with Crippen LogP contribution in [0.25, 0.3) is 0 Å². The molecule has 0 bridgehead atoms. The van der Waals surface area contributed by atoms with Crippen LogP contribution in [0.5, 0.6) is 0 Å². The summed E-state index contributed by atoms with van der Waals surface area (Å²) >= 11 is 0. The van der Waals surface area contributed by atoms with Gasteiger partial charge in [0.25, 0.3) is 0 Å². The number of carbonyl (C=O) groups is 2. The van der Waals surface area contributed by atoms with E-state index in [0.717, 1.165) is 0 Å². The van der Waals surface area contributed by atoms with E-state index in [2.05, 4.69) is 0 Å². The van der Waals surface area contributed by atoms with E-state index in [1.165, 1.54) is 19.1 Å². The average Bonchev–Trinajstić information content (AvgIpc) is 2.04. The molecule has 2 unspecified atom stereocenters. The van der Waals surface area contributed by atoms with E-state index in [4.69, 9.17) is 10.2 Å². The van der Waals surface area contributed by atoms with Gasteiger partial charge >= 0.3 is 11.9 Å². The maximum Gasteiger partial charge on any atom is 0.314 e. The molecule has 0 amide bonds. The van der Waals surface area contributed by atoms with Crippen LogP contribution in [0.2, 0.25) is 0 Å². The molecule has 4 heteroatoms. The van der Waals surface area contributed by atoms with Gasteiger partial charge in [-0.1, -0.05) is 24.3 Å². The molecule has 70 valence electrons. The van der Waals surface area contributed by atoms with Crippen LogP contribution in [0.15, 0.2) is 24.3 Å². The Morgan fingerprint density at radius 1 is 1.31 bits per heavy atom. The Morgan fingerprint density at radius 3 is 2.31 bits per heavy atom. The fraction of sp³-hybridized carbons (Fsp3) is 0.333. The van der Waals surface area contributed by atoms with E-state index < -0.39 is 23.3 Å². The SMILES string of the molecule is CC1(C(=O)O)C=CC=CC1C(=O)O. The molecule has 1 aliphatic carbocycles. The second-order valence-electron chi connectivity index (χ2n) is 3.15. The fourth-order valence-corrected chi connectivity index (χ4v) is 1.28. The summed E-state index contributed by atoms with van der Waals surface area (Å²) in [4.78, 5) is 21.6. The van der Waals surface area contributed by atoms with Gasteiger partial charge in [0.15, 0.2) is 0 Å². The van der Waals surface area contributed by atoms with Crippen LogP contribution in [0.1, 0.15) is 6.92 Å². The average molecular weight is 182 g/mol. The molecule has 2 atom stereocenters. The molecule has 1 rings (SSSR count). The Kier molecular flexibility index (Phi) is 2.23. The summed E-state index contributed by atoms with van der Waals surface area (Å²) in [5.74, 6) is -3.24. The Bertz CT molecular complexity index is 303. The predicted octanol–water partition coefficient (Wildman–Crippen LogP) is 0.904. The normalized spacial score (nSPS) is 31.6. The van der Waals surface area contributed by atoms with Crippen molar-refractivity contribution in [3.8, 4) is 0 Å². The lowest BCUT2D eigenvalue weighted by Crippen LogP contribution is -2.38. The number of allylic oxidation sites excluding steroid dienone is 2.